The predicted molar refractivity (Wildman–Crippen MR) is 66.0 cm³/mol. The summed E-state index contributed by atoms with van der Waals surface area (Å²) in [5.41, 5.74) is 3.14. The lowest BCUT2D eigenvalue weighted by Crippen LogP contribution is -2.13. The molecule has 0 heterocycles. The monoisotopic (exact) mass is 223 g/mol. The van der Waals surface area contributed by atoms with Crippen LogP contribution in [0, 0.1) is 13.8 Å². The van der Waals surface area contributed by atoms with Crippen LogP contribution in [0.2, 0.25) is 0 Å². The van der Waals surface area contributed by atoms with Crippen LogP contribution in [0.5, 0.6) is 5.75 Å². The second-order valence-corrected chi connectivity index (χ2v) is 4.11. The van der Waals surface area contributed by atoms with E-state index in [2.05, 4.69) is 11.4 Å². The number of aryl methyl sites for hydroxylation is 2. The summed E-state index contributed by atoms with van der Waals surface area (Å²) in [6.45, 7) is 4.82. The van der Waals surface area contributed by atoms with Gasteiger partial charge in [-0.3, -0.25) is 0 Å². The highest BCUT2D eigenvalue weighted by atomic mass is 16.5. The minimum Gasteiger partial charge on any atom is -0.496 e. The molecular formula is C13H21NO2. The molecule has 1 aromatic carbocycles. The van der Waals surface area contributed by atoms with Crippen LogP contribution in [0.25, 0.3) is 0 Å². The lowest BCUT2D eigenvalue weighted by atomic mass is 9.98. The Labute approximate surface area is 97.4 Å². The molecule has 0 bridgehead atoms. The van der Waals surface area contributed by atoms with Crippen LogP contribution >= 0.6 is 0 Å². The summed E-state index contributed by atoms with van der Waals surface area (Å²) in [6.07, 6.45) is 0.222. The number of methoxy groups -OCH3 is 1. The Morgan fingerprint density at radius 2 is 2.06 bits per heavy atom. The largest absolute Gasteiger partial charge is 0.496 e. The fourth-order valence-corrected chi connectivity index (χ4v) is 1.96. The van der Waals surface area contributed by atoms with E-state index in [9.17, 15) is 5.11 Å². The maximum Gasteiger partial charge on any atom is 0.125 e. The van der Waals surface area contributed by atoms with E-state index in [1.165, 1.54) is 0 Å². The molecule has 1 atom stereocenters. The molecule has 0 aliphatic heterocycles. The minimum atomic E-state index is -0.469. The maximum atomic E-state index is 10.1. The summed E-state index contributed by atoms with van der Waals surface area (Å²) in [7, 11) is 3.52. The van der Waals surface area contributed by atoms with E-state index in [1.807, 2.05) is 27.0 Å². The number of benzene rings is 1. The van der Waals surface area contributed by atoms with Crippen molar-refractivity contribution in [3.05, 3.63) is 28.8 Å². The smallest absolute Gasteiger partial charge is 0.125 e. The Kier molecular flexibility index (Phi) is 4.77. The molecule has 0 saturated heterocycles. The number of hydrogen-bond donors (Lipinski definition) is 2. The van der Waals surface area contributed by atoms with Gasteiger partial charge in [0.25, 0.3) is 0 Å². The van der Waals surface area contributed by atoms with E-state index in [4.69, 9.17) is 4.74 Å². The van der Waals surface area contributed by atoms with Gasteiger partial charge in [-0.1, -0.05) is 6.07 Å². The fraction of sp³-hybridized carbons (Fsp3) is 0.538. The third-order valence-electron chi connectivity index (χ3n) is 2.71. The van der Waals surface area contributed by atoms with Crippen molar-refractivity contribution >= 4 is 0 Å². The molecule has 0 amide bonds. The van der Waals surface area contributed by atoms with Gasteiger partial charge in [-0.05, 0) is 51.1 Å². The quantitative estimate of drug-likeness (QED) is 0.801. The topological polar surface area (TPSA) is 41.5 Å². The summed E-state index contributed by atoms with van der Waals surface area (Å²) in [6, 6.07) is 4.03. The van der Waals surface area contributed by atoms with Gasteiger partial charge in [0, 0.05) is 5.56 Å². The van der Waals surface area contributed by atoms with Crippen LogP contribution in [0.3, 0.4) is 0 Å². The molecule has 3 heteroatoms. The van der Waals surface area contributed by atoms with E-state index in [0.29, 0.717) is 6.42 Å². The number of aliphatic hydroxyl groups is 1. The van der Waals surface area contributed by atoms with Crippen molar-refractivity contribution in [3.63, 3.8) is 0 Å². The SMILES string of the molecule is CNCCC(O)c1c(C)cc(C)cc1OC. The maximum absolute atomic E-state index is 10.1. The van der Waals surface area contributed by atoms with Gasteiger partial charge in [0.2, 0.25) is 0 Å². The van der Waals surface area contributed by atoms with Crippen molar-refractivity contribution in [3.8, 4) is 5.75 Å². The molecule has 0 radical (unpaired) electrons. The highest BCUT2D eigenvalue weighted by Gasteiger charge is 2.15. The molecule has 0 saturated carbocycles. The lowest BCUT2D eigenvalue weighted by molar-refractivity contribution is 0.163. The highest BCUT2D eigenvalue weighted by molar-refractivity contribution is 5.44. The van der Waals surface area contributed by atoms with Gasteiger partial charge in [-0.25, -0.2) is 0 Å². The lowest BCUT2D eigenvalue weighted by Gasteiger charge is -2.18. The van der Waals surface area contributed by atoms with E-state index in [0.717, 1.165) is 29.0 Å². The van der Waals surface area contributed by atoms with Crippen LogP contribution in [0.15, 0.2) is 12.1 Å². The molecule has 16 heavy (non-hydrogen) atoms. The summed E-state index contributed by atoms with van der Waals surface area (Å²) in [4.78, 5) is 0. The van der Waals surface area contributed by atoms with Crippen molar-refractivity contribution in [2.24, 2.45) is 0 Å². The molecular weight excluding hydrogens is 202 g/mol. The van der Waals surface area contributed by atoms with Gasteiger partial charge in [-0.15, -0.1) is 0 Å². The van der Waals surface area contributed by atoms with Gasteiger partial charge in [-0.2, -0.15) is 0 Å². The molecule has 0 aliphatic carbocycles. The predicted octanol–water partition coefficient (Wildman–Crippen LogP) is 1.95. The van der Waals surface area contributed by atoms with Gasteiger partial charge in [0.05, 0.1) is 13.2 Å². The first-order valence-corrected chi connectivity index (χ1v) is 5.58. The fourth-order valence-electron chi connectivity index (χ4n) is 1.96. The van der Waals surface area contributed by atoms with Crippen molar-refractivity contribution < 1.29 is 9.84 Å². The minimum absolute atomic E-state index is 0.469. The molecule has 3 nitrogen and oxygen atoms in total. The average molecular weight is 223 g/mol. The van der Waals surface area contributed by atoms with Crippen LogP contribution in [-0.2, 0) is 0 Å². The first kappa shape index (κ1) is 13.0. The molecule has 2 N–H and O–H groups in total. The highest BCUT2D eigenvalue weighted by Crippen LogP contribution is 2.31. The van der Waals surface area contributed by atoms with E-state index >= 15 is 0 Å². The third kappa shape index (κ3) is 2.97. The zero-order chi connectivity index (χ0) is 12.1. The Bertz CT molecular complexity index is 350. The van der Waals surface area contributed by atoms with Gasteiger partial charge < -0.3 is 15.2 Å². The first-order valence-electron chi connectivity index (χ1n) is 5.58. The normalized spacial score (nSPS) is 12.6. The van der Waals surface area contributed by atoms with Crippen LogP contribution < -0.4 is 10.1 Å². The van der Waals surface area contributed by atoms with Crippen molar-refractivity contribution in [1.29, 1.82) is 0 Å². The summed E-state index contributed by atoms with van der Waals surface area (Å²) < 4.78 is 5.33. The van der Waals surface area contributed by atoms with Crippen LogP contribution in [-0.4, -0.2) is 25.8 Å². The summed E-state index contributed by atoms with van der Waals surface area (Å²) in [5, 5.41) is 13.2. The molecule has 0 aliphatic rings. The van der Waals surface area contributed by atoms with E-state index < -0.39 is 6.10 Å². The molecule has 0 aromatic heterocycles. The first-order chi connectivity index (χ1) is 7.60. The number of nitrogens with one attached hydrogen (secondary N) is 1. The van der Waals surface area contributed by atoms with Gasteiger partial charge in [0.1, 0.15) is 5.75 Å². The molecule has 0 fully saturated rings. The Balaban J connectivity index is 3.01. The molecule has 90 valence electrons. The van der Waals surface area contributed by atoms with E-state index in [1.54, 1.807) is 7.11 Å². The number of aliphatic hydroxyl groups excluding tert-OH is 1. The zero-order valence-electron chi connectivity index (χ0n) is 10.5. The molecule has 1 rings (SSSR count). The van der Waals surface area contributed by atoms with Crippen molar-refractivity contribution in [2.45, 2.75) is 26.4 Å². The average Bonchev–Trinajstić information content (AvgIpc) is 2.24. The molecule has 1 unspecified atom stereocenters. The van der Waals surface area contributed by atoms with Crippen LogP contribution in [0.4, 0.5) is 0 Å². The molecule has 1 aromatic rings. The second kappa shape index (κ2) is 5.87. The molecule has 0 spiro atoms. The number of rotatable bonds is 5. The number of hydrogen-bond acceptors (Lipinski definition) is 3. The summed E-state index contributed by atoms with van der Waals surface area (Å²) >= 11 is 0. The summed E-state index contributed by atoms with van der Waals surface area (Å²) in [5.74, 6) is 0.779. The van der Waals surface area contributed by atoms with Crippen LogP contribution in [0.1, 0.15) is 29.2 Å². The second-order valence-electron chi connectivity index (χ2n) is 4.11. The Morgan fingerprint density at radius 3 is 2.62 bits per heavy atom. The van der Waals surface area contributed by atoms with Crippen molar-refractivity contribution in [2.75, 3.05) is 20.7 Å². The number of ether oxygens (including phenoxy) is 1. The Morgan fingerprint density at radius 1 is 1.38 bits per heavy atom. The Hall–Kier alpha value is -1.06. The van der Waals surface area contributed by atoms with E-state index in [-0.39, 0.29) is 0 Å². The van der Waals surface area contributed by atoms with Crippen molar-refractivity contribution in [1.82, 2.24) is 5.32 Å². The third-order valence-corrected chi connectivity index (χ3v) is 2.71. The standard InChI is InChI=1S/C13H21NO2/c1-9-7-10(2)13(12(8-9)16-4)11(15)5-6-14-3/h7-8,11,14-15H,5-6H2,1-4H3. The zero-order valence-corrected chi connectivity index (χ0v) is 10.5. The van der Waals surface area contributed by atoms with Gasteiger partial charge in [0.15, 0.2) is 0 Å². The van der Waals surface area contributed by atoms with Gasteiger partial charge >= 0.3 is 0 Å².